The van der Waals surface area contributed by atoms with Crippen molar-refractivity contribution < 1.29 is 0 Å². The Morgan fingerprint density at radius 3 is 2.43 bits per heavy atom. The Hall–Kier alpha value is -1.87. The van der Waals surface area contributed by atoms with Gasteiger partial charge in [-0.1, -0.05) is 17.7 Å². The van der Waals surface area contributed by atoms with Crippen LogP contribution in [-0.2, 0) is 0 Å². The zero-order valence-electron chi connectivity index (χ0n) is 18.2. The van der Waals surface area contributed by atoms with Gasteiger partial charge in [0, 0.05) is 56.5 Å². The first-order chi connectivity index (χ1) is 13.9. The van der Waals surface area contributed by atoms with Gasteiger partial charge in [0.25, 0.3) is 0 Å². The van der Waals surface area contributed by atoms with Crippen LogP contribution < -0.4 is 15.5 Å². The highest BCUT2D eigenvalue weighted by atomic mass is 35.5. The van der Waals surface area contributed by atoms with Crippen LogP contribution in [0.15, 0.2) is 18.2 Å². The molecule has 1 aromatic carbocycles. The largest absolute Gasteiger partial charge is 0.354 e. The maximum Gasteiger partial charge on any atom is 0.233 e. The van der Waals surface area contributed by atoms with Crippen LogP contribution in [-0.4, -0.2) is 84.7 Å². The Labute approximate surface area is 190 Å². The molecule has 1 aromatic heterocycles. The summed E-state index contributed by atoms with van der Waals surface area (Å²) in [5.41, 5.74) is 1.97. The van der Waals surface area contributed by atoms with E-state index in [1.807, 2.05) is 32.0 Å². The number of likely N-dealkylation sites (N-methyl/N-ethyl adjacent to an activating group) is 1. The Morgan fingerprint density at radius 2 is 1.77 bits per heavy atom. The lowest BCUT2D eigenvalue weighted by Crippen LogP contribution is -2.48. The minimum absolute atomic E-state index is 0. The maximum absolute atomic E-state index is 6.15. The quantitative estimate of drug-likeness (QED) is 0.629. The zero-order chi connectivity index (χ0) is 20.8. The van der Waals surface area contributed by atoms with Crippen LogP contribution in [0.2, 0.25) is 5.02 Å². The molecule has 10 heteroatoms. The monoisotopic (exact) mass is 454 g/mol. The molecule has 8 nitrogen and oxygen atoms in total. The van der Waals surface area contributed by atoms with Crippen molar-refractivity contribution in [2.45, 2.75) is 13.8 Å². The summed E-state index contributed by atoms with van der Waals surface area (Å²) in [6, 6.07) is 5.74. The molecule has 1 aliphatic rings. The molecule has 0 radical (unpaired) electrons. The van der Waals surface area contributed by atoms with Crippen molar-refractivity contribution in [3.05, 3.63) is 28.8 Å². The summed E-state index contributed by atoms with van der Waals surface area (Å²) in [5, 5.41) is 7.19. The van der Waals surface area contributed by atoms with E-state index < -0.39 is 0 Å². The van der Waals surface area contributed by atoms with Crippen molar-refractivity contribution in [3.8, 4) is 0 Å². The molecule has 0 unspecified atom stereocenters. The molecular weight excluding hydrogens is 423 g/mol. The van der Waals surface area contributed by atoms with Gasteiger partial charge in [-0.15, -0.1) is 12.4 Å². The lowest BCUT2D eigenvalue weighted by atomic mass is 10.2. The lowest BCUT2D eigenvalue weighted by Gasteiger charge is -2.35. The number of aromatic nitrogens is 3. The average molecular weight is 455 g/mol. The van der Waals surface area contributed by atoms with Gasteiger partial charge in [0.05, 0.1) is 0 Å². The maximum atomic E-state index is 6.15. The number of hydrogen-bond donors (Lipinski definition) is 2. The van der Waals surface area contributed by atoms with Crippen LogP contribution in [0.3, 0.4) is 0 Å². The molecule has 0 spiro atoms. The minimum Gasteiger partial charge on any atom is -0.354 e. The predicted molar refractivity (Wildman–Crippen MR) is 128 cm³/mol. The summed E-state index contributed by atoms with van der Waals surface area (Å²) < 4.78 is 0. The Bertz CT molecular complexity index is 809. The van der Waals surface area contributed by atoms with Crippen LogP contribution in [0.25, 0.3) is 0 Å². The van der Waals surface area contributed by atoms with Gasteiger partial charge in [-0.2, -0.15) is 15.0 Å². The molecule has 2 aromatic rings. The van der Waals surface area contributed by atoms with Crippen molar-refractivity contribution in [3.63, 3.8) is 0 Å². The topological polar surface area (TPSA) is 72.5 Å². The standard InChI is InChI=1S/C20H31ClN8.ClH/c1-5-22-18-24-19(23-17-14-16(21)7-6-15(17)2)26-20(25-18)29-12-10-28(11-13-29)9-8-27(3)4;/h6-7,14H,5,8-13H2,1-4H3,(H2,22,23,24,25,26);1H. The van der Waals surface area contributed by atoms with E-state index in [2.05, 4.69) is 54.4 Å². The molecule has 2 N–H and O–H groups in total. The van der Waals surface area contributed by atoms with E-state index in [4.69, 9.17) is 11.6 Å². The van der Waals surface area contributed by atoms with Crippen molar-refractivity contribution >= 4 is 47.5 Å². The van der Waals surface area contributed by atoms with Crippen molar-refractivity contribution in [2.24, 2.45) is 0 Å². The van der Waals surface area contributed by atoms with Gasteiger partial charge in [-0.05, 0) is 45.6 Å². The number of halogens is 2. The number of hydrogen-bond acceptors (Lipinski definition) is 8. The first-order valence-corrected chi connectivity index (χ1v) is 10.5. The second-order valence-electron chi connectivity index (χ2n) is 7.53. The number of anilines is 4. The van der Waals surface area contributed by atoms with E-state index >= 15 is 0 Å². The summed E-state index contributed by atoms with van der Waals surface area (Å²) >= 11 is 6.15. The molecule has 2 heterocycles. The molecule has 1 fully saturated rings. The highest BCUT2D eigenvalue weighted by molar-refractivity contribution is 6.30. The Balaban J connectivity index is 0.00000320. The smallest absolute Gasteiger partial charge is 0.233 e. The summed E-state index contributed by atoms with van der Waals surface area (Å²) in [6.45, 7) is 10.8. The van der Waals surface area contributed by atoms with Gasteiger partial charge in [0.15, 0.2) is 0 Å². The Kier molecular flexibility index (Phi) is 9.36. The number of benzene rings is 1. The molecule has 3 rings (SSSR count). The zero-order valence-corrected chi connectivity index (χ0v) is 19.7. The van der Waals surface area contributed by atoms with Crippen molar-refractivity contribution in [2.75, 3.05) is 75.4 Å². The molecule has 0 amide bonds. The fourth-order valence-corrected chi connectivity index (χ4v) is 3.33. The van der Waals surface area contributed by atoms with Crippen LogP contribution in [0.4, 0.5) is 23.5 Å². The van der Waals surface area contributed by atoms with Crippen LogP contribution in [0.1, 0.15) is 12.5 Å². The summed E-state index contributed by atoms with van der Waals surface area (Å²) in [4.78, 5) is 20.8. The Morgan fingerprint density at radius 1 is 1.07 bits per heavy atom. The molecule has 30 heavy (non-hydrogen) atoms. The molecule has 0 atom stereocenters. The second-order valence-corrected chi connectivity index (χ2v) is 7.97. The van der Waals surface area contributed by atoms with Gasteiger partial charge in [0.2, 0.25) is 17.8 Å². The van der Waals surface area contributed by atoms with E-state index in [0.717, 1.165) is 57.1 Å². The summed E-state index contributed by atoms with van der Waals surface area (Å²) in [7, 11) is 4.22. The van der Waals surface area contributed by atoms with Gasteiger partial charge >= 0.3 is 0 Å². The molecule has 0 saturated carbocycles. The lowest BCUT2D eigenvalue weighted by molar-refractivity contribution is 0.228. The number of aryl methyl sites for hydroxylation is 1. The average Bonchev–Trinajstić information content (AvgIpc) is 2.70. The third kappa shape index (κ3) is 6.84. The molecule has 0 aliphatic carbocycles. The van der Waals surface area contributed by atoms with E-state index in [-0.39, 0.29) is 12.4 Å². The number of rotatable bonds is 8. The number of nitrogens with zero attached hydrogens (tertiary/aromatic N) is 6. The van der Waals surface area contributed by atoms with Gasteiger partial charge in [0.1, 0.15) is 0 Å². The van der Waals surface area contributed by atoms with Crippen LogP contribution in [0, 0.1) is 6.92 Å². The number of piperazine rings is 1. The van der Waals surface area contributed by atoms with Crippen LogP contribution in [0.5, 0.6) is 0 Å². The molecule has 0 bridgehead atoms. The highest BCUT2D eigenvalue weighted by Gasteiger charge is 2.20. The molecule has 1 saturated heterocycles. The van der Waals surface area contributed by atoms with E-state index in [1.165, 1.54) is 0 Å². The third-order valence-electron chi connectivity index (χ3n) is 4.92. The van der Waals surface area contributed by atoms with Gasteiger partial charge < -0.3 is 20.4 Å². The minimum atomic E-state index is 0. The van der Waals surface area contributed by atoms with Gasteiger partial charge in [-0.3, -0.25) is 4.90 Å². The molecule has 166 valence electrons. The number of nitrogens with one attached hydrogen (secondary N) is 2. The van der Waals surface area contributed by atoms with E-state index in [0.29, 0.717) is 22.9 Å². The van der Waals surface area contributed by atoms with E-state index in [9.17, 15) is 0 Å². The predicted octanol–water partition coefficient (Wildman–Crippen LogP) is 3.11. The van der Waals surface area contributed by atoms with Crippen molar-refractivity contribution in [1.82, 2.24) is 24.8 Å². The molecule has 1 aliphatic heterocycles. The second kappa shape index (κ2) is 11.5. The first kappa shape index (κ1) is 24.4. The summed E-state index contributed by atoms with van der Waals surface area (Å²) in [5.74, 6) is 1.80. The third-order valence-corrected chi connectivity index (χ3v) is 5.16. The van der Waals surface area contributed by atoms with E-state index in [1.54, 1.807) is 0 Å². The van der Waals surface area contributed by atoms with Crippen LogP contribution >= 0.6 is 24.0 Å². The highest BCUT2D eigenvalue weighted by Crippen LogP contribution is 2.24. The fraction of sp³-hybridized carbons (Fsp3) is 0.550. The normalized spacial score (nSPS) is 14.5. The summed E-state index contributed by atoms with van der Waals surface area (Å²) in [6.07, 6.45) is 0. The molecular formula is C20H32Cl2N8. The van der Waals surface area contributed by atoms with Crippen molar-refractivity contribution in [1.29, 1.82) is 0 Å². The SMILES string of the molecule is CCNc1nc(Nc2cc(Cl)ccc2C)nc(N2CCN(CCN(C)C)CC2)n1.Cl. The fourth-order valence-electron chi connectivity index (χ4n) is 3.16. The van der Waals surface area contributed by atoms with Gasteiger partial charge in [-0.25, -0.2) is 0 Å². The first-order valence-electron chi connectivity index (χ1n) is 10.1.